The molecule has 0 saturated heterocycles. The fourth-order valence-corrected chi connectivity index (χ4v) is 2.99. The summed E-state index contributed by atoms with van der Waals surface area (Å²) in [6.45, 7) is 1.84. The lowest BCUT2D eigenvalue weighted by atomic mass is 10.1. The number of pyridine rings is 1. The molecule has 150 valence electrons. The summed E-state index contributed by atoms with van der Waals surface area (Å²) < 4.78 is 38.6. The number of hydrogen-bond acceptors (Lipinski definition) is 4. The average molecular weight is 408 g/mol. The van der Waals surface area contributed by atoms with Crippen molar-refractivity contribution in [3.8, 4) is 11.4 Å². The topological polar surface area (TPSA) is 67.8 Å². The predicted octanol–water partition coefficient (Wildman–Crippen LogP) is 5.27. The molecular formula is C22H15F3N4O. The van der Waals surface area contributed by atoms with Gasteiger partial charge in [-0.3, -0.25) is 9.78 Å². The molecule has 2 aromatic carbocycles. The van der Waals surface area contributed by atoms with Crippen LogP contribution in [0.2, 0.25) is 0 Å². The maximum absolute atomic E-state index is 12.9. The Hall–Kier alpha value is -3.81. The van der Waals surface area contributed by atoms with Crippen LogP contribution in [0.5, 0.6) is 0 Å². The van der Waals surface area contributed by atoms with E-state index in [1.165, 1.54) is 12.3 Å². The van der Waals surface area contributed by atoms with E-state index in [9.17, 15) is 18.0 Å². The number of hydrogen-bond donors (Lipinski definition) is 1. The fraction of sp³-hybridized carbons (Fsp3) is 0.0909. The van der Waals surface area contributed by atoms with Crippen molar-refractivity contribution < 1.29 is 18.0 Å². The molecule has 0 aliphatic heterocycles. The average Bonchev–Trinajstić information content (AvgIpc) is 2.74. The van der Waals surface area contributed by atoms with Gasteiger partial charge in [0.15, 0.2) is 5.82 Å². The van der Waals surface area contributed by atoms with E-state index in [2.05, 4.69) is 20.3 Å². The molecule has 1 amide bonds. The van der Waals surface area contributed by atoms with E-state index in [-0.39, 0.29) is 5.91 Å². The Bertz CT molecular complexity index is 1240. The lowest BCUT2D eigenvalue weighted by Gasteiger charge is -2.11. The molecule has 8 heteroatoms. The molecule has 0 fully saturated rings. The lowest BCUT2D eigenvalue weighted by molar-refractivity contribution is -0.137. The van der Waals surface area contributed by atoms with Crippen molar-refractivity contribution >= 4 is 22.5 Å². The van der Waals surface area contributed by atoms with Crippen molar-refractivity contribution in [2.24, 2.45) is 0 Å². The highest BCUT2D eigenvalue weighted by Crippen LogP contribution is 2.31. The number of anilines is 1. The van der Waals surface area contributed by atoms with Gasteiger partial charge >= 0.3 is 6.18 Å². The molecule has 0 saturated carbocycles. The van der Waals surface area contributed by atoms with Gasteiger partial charge < -0.3 is 5.32 Å². The first-order valence-corrected chi connectivity index (χ1v) is 8.98. The van der Waals surface area contributed by atoms with Crippen molar-refractivity contribution in [2.75, 3.05) is 5.32 Å². The summed E-state index contributed by atoms with van der Waals surface area (Å²) in [5.74, 6) is 0.132. The van der Waals surface area contributed by atoms with E-state index in [4.69, 9.17) is 0 Å². The molecule has 0 spiro atoms. The van der Waals surface area contributed by atoms with E-state index in [0.29, 0.717) is 33.5 Å². The third kappa shape index (κ3) is 3.98. The summed E-state index contributed by atoms with van der Waals surface area (Å²) in [6, 6.07) is 11.9. The largest absolute Gasteiger partial charge is 0.416 e. The molecule has 0 radical (unpaired) electrons. The maximum Gasteiger partial charge on any atom is 0.416 e. The van der Waals surface area contributed by atoms with E-state index in [0.717, 1.165) is 17.7 Å². The zero-order chi connectivity index (χ0) is 21.3. The van der Waals surface area contributed by atoms with Crippen molar-refractivity contribution in [3.63, 3.8) is 0 Å². The van der Waals surface area contributed by atoms with Gasteiger partial charge in [-0.2, -0.15) is 13.2 Å². The standard InChI is InChI=1S/C22H15F3N4O/c1-13-10-15(2-4-18(13)29-21(30)14-6-8-26-9-7-14)20-27-12-16-11-17(22(23,24)25)3-5-19(16)28-20/h2-12H,1H3,(H,29,30). The highest BCUT2D eigenvalue weighted by Gasteiger charge is 2.30. The van der Waals surface area contributed by atoms with Gasteiger partial charge in [-0.25, -0.2) is 9.97 Å². The maximum atomic E-state index is 12.9. The summed E-state index contributed by atoms with van der Waals surface area (Å²) in [5, 5.41) is 3.15. The Kier molecular flexibility index (Phi) is 4.91. The minimum Gasteiger partial charge on any atom is -0.322 e. The first-order valence-electron chi connectivity index (χ1n) is 8.98. The molecule has 2 aromatic heterocycles. The van der Waals surface area contributed by atoms with Crippen LogP contribution in [0.4, 0.5) is 18.9 Å². The molecule has 5 nitrogen and oxygen atoms in total. The summed E-state index contributed by atoms with van der Waals surface area (Å²) in [5.41, 5.74) is 2.29. The number of rotatable bonds is 3. The van der Waals surface area contributed by atoms with Crippen LogP contribution in [0.25, 0.3) is 22.3 Å². The van der Waals surface area contributed by atoms with E-state index in [1.807, 2.05) is 13.0 Å². The van der Waals surface area contributed by atoms with Gasteiger partial charge in [-0.05, 0) is 61.0 Å². The van der Waals surface area contributed by atoms with Crippen LogP contribution in [0.15, 0.2) is 67.1 Å². The number of nitrogens with zero attached hydrogens (tertiary/aromatic N) is 3. The first-order chi connectivity index (χ1) is 14.3. The monoisotopic (exact) mass is 408 g/mol. The molecule has 0 bridgehead atoms. The summed E-state index contributed by atoms with van der Waals surface area (Å²) in [6.07, 6.45) is 0.0427. The fourth-order valence-electron chi connectivity index (χ4n) is 2.99. The molecule has 4 rings (SSSR count). The molecule has 0 unspecified atom stereocenters. The zero-order valence-electron chi connectivity index (χ0n) is 15.7. The van der Waals surface area contributed by atoms with Crippen LogP contribution in [-0.2, 0) is 6.18 Å². The van der Waals surface area contributed by atoms with Gasteiger partial charge in [0.05, 0.1) is 11.1 Å². The second-order valence-corrected chi connectivity index (χ2v) is 6.68. The minimum absolute atomic E-state index is 0.254. The molecule has 0 atom stereocenters. The van der Waals surface area contributed by atoms with E-state index >= 15 is 0 Å². The lowest BCUT2D eigenvalue weighted by Crippen LogP contribution is -2.12. The van der Waals surface area contributed by atoms with Gasteiger partial charge in [0, 0.05) is 40.8 Å². The van der Waals surface area contributed by atoms with Gasteiger partial charge in [-0.15, -0.1) is 0 Å². The molecule has 4 aromatic rings. The Labute approximate surface area is 169 Å². The van der Waals surface area contributed by atoms with Crippen molar-refractivity contribution in [2.45, 2.75) is 13.1 Å². The number of halogens is 3. The minimum atomic E-state index is -4.42. The van der Waals surface area contributed by atoms with E-state index in [1.54, 1.807) is 36.7 Å². The zero-order valence-corrected chi connectivity index (χ0v) is 15.7. The Morgan fingerprint density at radius 1 is 1.00 bits per heavy atom. The van der Waals surface area contributed by atoms with Crippen molar-refractivity contribution in [3.05, 3.63) is 83.8 Å². The highest BCUT2D eigenvalue weighted by atomic mass is 19.4. The van der Waals surface area contributed by atoms with Crippen LogP contribution >= 0.6 is 0 Å². The number of benzene rings is 2. The van der Waals surface area contributed by atoms with Crippen LogP contribution in [0.3, 0.4) is 0 Å². The molecule has 0 aliphatic carbocycles. The number of aromatic nitrogens is 3. The number of aryl methyl sites for hydroxylation is 1. The highest BCUT2D eigenvalue weighted by molar-refractivity contribution is 6.04. The third-order valence-electron chi connectivity index (χ3n) is 4.58. The normalized spacial score (nSPS) is 11.5. The molecule has 1 N–H and O–H groups in total. The van der Waals surface area contributed by atoms with Gasteiger partial charge in [-0.1, -0.05) is 0 Å². The smallest absolute Gasteiger partial charge is 0.322 e. The summed E-state index contributed by atoms with van der Waals surface area (Å²) >= 11 is 0. The number of carbonyl (C=O) groups excluding carboxylic acids is 1. The predicted molar refractivity (Wildman–Crippen MR) is 107 cm³/mol. The molecule has 0 aliphatic rings. The van der Waals surface area contributed by atoms with Gasteiger partial charge in [0.1, 0.15) is 0 Å². The van der Waals surface area contributed by atoms with Crippen LogP contribution < -0.4 is 5.32 Å². The van der Waals surface area contributed by atoms with Gasteiger partial charge in [0.25, 0.3) is 5.91 Å². The molecule has 30 heavy (non-hydrogen) atoms. The number of carbonyl (C=O) groups is 1. The number of fused-ring (bicyclic) bond motifs is 1. The summed E-state index contributed by atoms with van der Waals surface area (Å²) in [4.78, 5) is 24.8. The second-order valence-electron chi connectivity index (χ2n) is 6.68. The Morgan fingerprint density at radius 2 is 1.77 bits per heavy atom. The van der Waals surface area contributed by atoms with Crippen LogP contribution in [-0.4, -0.2) is 20.9 Å². The molecule has 2 heterocycles. The van der Waals surface area contributed by atoms with Crippen LogP contribution in [0.1, 0.15) is 21.5 Å². The first kappa shape index (κ1) is 19.5. The van der Waals surface area contributed by atoms with Crippen molar-refractivity contribution in [1.82, 2.24) is 15.0 Å². The van der Waals surface area contributed by atoms with Crippen molar-refractivity contribution in [1.29, 1.82) is 0 Å². The molecular weight excluding hydrogens is 393 g/mol. The summed E-state index contributed by atoms with van der Waals surface area (Å²) in [7, 11) is 0. The van der Waals surface area contributed by atoms with Crippen LogP contribution in [0, 0.1) is 6.92 Å². The van der Waals surface area contributed by atoms with Gasteiger partial charge in [0.2, 0.25) is 0 Å². The number of nitrogens with one attached hydrogen (secondary N) is 1. The Balaban J connectivity index is 1.60. The second kappa shape index (κ2) is 7.55. The number of alkyl halides is 3. The SMILES string of the molecule is Cc1cc(-c2ncc3cc(C(F)(F)F)ccc3n2)ccc1NC(=O)c1ccncc1. The third-order valence-corrected chi connectivity index (χ3v) is 4.58. The number of amides is 1. The quantitative estimate of drug-likeness (QED) is 0.501. The van der Waals surface area contributed by atoms with E-state index < -0.39 is 11.7 Å². The Morgan fingerprint density at radius 3 is 2.47 bits per heavy atom.